The number of benzene rings is 1. The first-order chi connectivity index (χ1) is 8.66. The first kappa shape index (κ1) is 14.1. The van der Waals surface area contributed by atoms with Gasteiger partial charge < -0.3 is 10.2 Å². The Morgan fingerprint density at radius 2 is 2.06 bits per heavy atom. The van der Waals surface area contributed by atoms with Crippen LogP contribution in [0.1, 0.15) is 18.4 Å². The molecule has 1 atom stereocenters. The van der Waals surface area contributed by atoms with Crippen LogP contribution in [0.3, 0.4) is 0 Å². The average Bonchev–Trinajstić information content (AvgIpc) is 2.35. The third kappa shape index (κ3) is 3.86. The highest BCUT2D eigenvalue weighted by molar-refractivity contribution is 6.35. The summed E-state index contributed by atoms with van der Waals surface area (Å²) in [5.41, 5.74) is 1.03. The summed E-state index contributed by atoms with van der Waals surface area (Å²) in [7, 11) is 2.13. The second-order valence-electron chi connectivity index (χ2n) is 5.11. The lowest BCUT2D eigenvalue weighted by Crippen LogP contribution is -2.36. The Morgan fingerprint density at radius 3 is 2.67 bits per heavy atom. The molecule has 0 saturated carbocycles. The highest BCUT2D eigenvalue weighted by Gasteiger charge is 2.16. The van der Waals surface area contributed by atoms with E-state index in [2.05, 4.69) is 17.3 Å². The van der Waals surface area contributed by atoms with Crippen LogP contribution in [0.2, 0.25) is 10.0 Å². The fraction of sp³-hybridized carbons (Fsp3) is 0.571. The number of hydrogen-bond donors (Lipinski definition) is 1. The van der Waals surface area contributed by atoms with Gasteiger partial charge in [0.05, 0.1) is 0 Å². The van der Waals surface area contributed by atoms with E-state index in [1.165, 1.54) is 12.8 Å². The maximum atomic E-state index is 6.19. The number of halogens is 2. The second-order valence-corrected chi connectivity index (χ2v) is 5.92. The lowest BCUT2D eigenvalue weighted by atomic mass is 9.99. The highest BCUT2D eigenvalue weighted by atomic mass is 35.5. The Labute approximate surface area is 119 Å². The van der Waals surface area contributed by atoms with Gasteiger partial charge in [0.15, 0.2) is 0 Å². The molecule has 0 aromatic heterocycles. The van der Waals surface area contributed by atoms with E-state index in [1.807, 2.05) is 18.2 Å². The van der Waals surface area contributed by atoms with Crippen LogP contribution in [0.25, 0.3) is 0 Å². The first-order valence-electron chi connectivity index (χ1n) is 6.49. The van der Waals surface area contributed by atoms with Gasteiger partial charge in [0.2, 0.25) is 0 Å². The van der Waals surface area contributed by atoms with E-state index in [-0.39, 0.29) is 0 Å². The van der Waals surface area contributed by atoms with Crippen LogP contribution >= 0.6 is 23.2 Å². The van der Waals surface area contributed by atoms with Crippen LogP contribution in [0.15, 0.2) is 18.2 Å². The molecule has 100 valence electrons. The predicted octanol–water partition coefficient (Wildman–Crippen LogP) is 3.42. The fourth-order valence-electron chi connectivity index (χ4n) is 2.54. The van der Waals surface area contributed by atoms with Gasteiger partial charge in [-0.3, -0.25) is 0 Å². The standard InChI is InChI=1S/C14H20Cl2N2/c1-18(9-11-4-3-7-17-8-11)10-12-13(15)5-2-6-14(12)16/h2,5-6,11,17H,3-4,7-10H2,1H3. The summed E-state index contributed by atoms with van der Waals surface area (Å²) in [6.45, 7) is 4.20. The molecule has 1 fully saturated rings. The summed E-state index contributed by atoms with van der Waals surface area (Å²) in [4.78, 5) is 2.31. The van der Waals surface area contributed by atoms with E-state index in [9.17, 15) is 0 Å². The first-order valence-corrected chi connectivity index (χ1v) is 7.24. The molecule has 1 aromatic carbocycles. The Hall–Kier alpha value is -0.280. The lowest BCUT2D eigenvalue weighted by Gasteiger charge is -2.28. The van der Waals surface area contributed by atoms with Gasteiger partial charge in [0, 0.05) is 28.7 Å². The number of rotatable bonds is 4. The summed E-state index contributed by atoms with van der Waals surface area (Å²) in [6, 6.07) is 5.69. The van der Waals surface area contributed by atoms with Crippen molar-refractivity contribution < 1.29 is 0 Å². The molecule has 0 amide bonds. The third-order valence-corrected chi connectivity index (χ3v) is 4.17. The normalized spacial score (nSPS) is 20.3. The van der Waals surface area contributed by atoms with E-state index >= 15 is 0 Å². The minimum absolute atomic E-state index is 0.741. The van der Waals surface area contributed by atoms with Gasteiger partial charge in [-0.1, -0.05) is 29.3 Å². The van der Waals surface area contributed by atoms with Crippen molar-refractivity contribution in [3.63, 3.8) is 0 Å². The van der Waals surface area contributed by atoms with Gasteiger partial charge >= 0.3 is 0 Å². The van der Waals surface area contributed by atoms with Crippen LogP contribution in [-0.4, -0.2) is 31.6 Å². The maximum absolute atomic E-state index is 6.19. The summed E-state index contributed by atoms with van der Waals surface area (Å²) in [5, 5.41) is 4.97. The molecule has 4 heteroatoms. The van der Waals surface area contributed by atoms with Crippen molar-refractivity contribution in [2.75, 3.05) is 26.7 Å². The largest absolute Gasteiger partial charge is 0.316 e. The smallest absolute Gasteiger partial charge is 0.0465 e. The molecule has 0 spiro atoms. The van der Waals surface area contributed by atoms with Crippen LogP contribution in [0, 0.1) is 5.92 Å². The van der Waals surface area contributed by atoms with Gasteiger partial charge in [-0.2, -0.15) is 0 Å². The van der Waals surface area contributed by atoms with E-state index in [1.54, 1.807) is 0 Å². The molecule has 1 aliphatic rings. The van der Waals surface area contributed by atoms with Crippen molar-refractivity contribution in [1.82, 2.24) is 10.2 Å². The molecule has 0 aliphatic carbocycles. The minimum Gasteiger partial charge on any atom is -0.316 e. The van der Waals surface area contributed by atoms with Crippen molar-refractivity contribution in [3.05, 3.63) is 33.8 Å². The quantitative estimate of drug-likeness (QED) is 0.912. The van der Waals surface area contributed by atoms with Gasteiger partial charge in [0.1, 0.15) is 0 Å². The molecule has 1 aromatic rings. The third-order valence-electron chi connectivity index (χ3n) is 3.46. The summed E-state index contributed by atoms with van der Waals surface area (Å²) in [6.07, 6.45) is 2.60. The van der Waals surface area contributed by atoms with Crippen molar-refractivity contribution >= 4 is 23.2 Å². The molecule has 1 unspecified atom stereocenters. The predicted molar refractivity (Wildman–Crippen MR) is 78.4 cm³/mol. The van der Waals surface area contributed by atoms with Gasteiger partial charge in [0.25, 0.3) is 0 Å². The summed E-state index contributed by atoms with van der Waals surface area (Å²) < 4.78 is 0. The number of nitrogens with zero attached hydrogens (tertiary/aromatic N) is 1. The molecule has 0 bridgehead atoms. The van der Waals surface area contributed by atoms with E-state index in [0.717, 1.165) is 47.7 Å². The maximum Gasteiger partial charge on any atom is 0.0465 e. The zero-order valence-corrected chi connectivity index (χ0v) is 12.3. The number of nitrogens with one attached hydrogen (secondary N) is 1. The monoisotopic (exact) mass is 286 g/mol. The Balaban J connectivity index is 1.92. The molecule has 2 rings (SSSR count). The van der Waals surface area contributed by atoms with Crippen molar-refractivity contribution in [1.29, 1.82) is 0 Å². The molecule has 1 saturated heterocycles. The summed E-state index contributed by atoms with van der Waals surface area (Å²) in [5.74, 6) is 0.741. The fourth-order valence-corrected chi connectivity index (χ4v) is 3.06. The van der Waals surface area contributed by atoms with Crippen molar-refractivity contribution in [2.45, 2.75) is 19.4 Å². The molecular formula is C14H20Cl2N2. The molecule has 0 radical (unpaired) electrons. The minimum atomic E-state index is 0.741. The van der Waals surface area contributed by atoms with Gasteiger partial charge in [-0.15, -0.1) is 0 Å². The van der Waals surface area contributed by atoms with Crippen LogP contribution in [0.5, 0.6) is 0 Å². The highest BCUT2D eigenvalue weighted by Crippen LogP contribution is 2.25. The Bertz CT molecular complexity index is 369. The van der Waals surface area contributed by atoms with Crippen LogP contribution < -0.4 is 5.32 Å². The SMILES string of the molecule is CN(Cc1c(Cl)cccc1Cl)CC1CCCNC1. The molecule has 1 heterocycles. The molecule has 1 aliphatic heterocycles. The number of piperidine rings is 1. The topological polar surface area (TPSA) is 15.3 Å². The molecule has 2 nitrogen and oxygen atoms in total. The molecular weight excluding hydrogens is 267 g/mol. The van der Waals surface area contributed by atoms with E-state index in [4.69, 9.17) is 23.2 Å². The van der Waals surface area contributed by atoms with E-state index in [0.29, 0.717) is 0 Å². The Morgan fingerprint density at radius 1 is 1.33 bits per heavy atom. The lowest BCUT2D eigenvalue weighted by molar-refractivity contribution is 0.237. The second kappa shape index (κ2) is 6.76. The van der Waals surface area contributed by atoms with Crippen molar-refractivity contribution in [2.24, 2.45) is 5.92 Å². The molecule has 18 heavy (non-hydrogen) atoms. The molecule has 1 N–H and O–H groups in total. The Kier molecular flexibility index (Phi) is 5.31. The zero-order valence-electron chi connectivity index (χ0n) is 10.8. The van der Waals surface area contributed by atoms with Crippen LogP contribution in [0.4, 0.5) is 0 Å². The average molecular weight is 287 g/mol. The van der Waals surface area contributed by atoms with Gasteiger partial charge in [-0.25, -0.2) is 0 Å². The summed E-state index contributed by atoms with van der Waals surface area (Å²) >= 11 is 12.4. The number of hydrogen-bond acceptors (Lipinski definition) is 2. The zero-order chi connectivity index (χ0) is 13.0. The van der Waals surface area contributed by atoms with Gasteiger partial charge in [-0.05, 0) is 51.0 Å². The van der Waals surface area contributed by atoms with Crippen LogP contribution in [-0.2, 0) is 6.54 Å². The van der Waals surface area contributed by atoms with E-state index < -0.39 is 0 Å². The van der Waals surface area contributed by atoms with Crippen molar-refractivity contribution in [3.8, 4) is 0 Å².